The molecule has 3 aromatic rings. The van der Waals surface area contributed by atoms with Gasteiger partial charge in [0.1, 0.15) is 0 Å². The van der Waals surface area contributed by atoms with E-state index in [2.05, 4.69) is 5.10 Å². The molecule has 0 aliphatic rings. The molecule has 118 valence electrons. The number of aromatic nitrogens is 2. The molecule has 3 nitrogen and oxygen atoms in total. The van der Waals surface area contributed by atoms with Crippen LogP contribution in [0.15, 0.2) is 47.3 Å². The highest BCUT2D eigenvalue weighted by Crippen LogP contribution is 2.25. The van der Waals surface area contributed by atoms with Crippen molar-refractivity contribution in [1.29, 1.82) is 0 Å². The van der Waals surface area contributed by atoms with Crippen LogP contribution in [0.4, 0.5) is 8.78 Å². The summed E-state index contributed by atoms with van der Waals surface area (Å²) in [4.78, 5) is 12.5. The third-order valence-corrected chi connectivity index (χ3v) is 3.83. The van der Waals surface area contributed by atoms with E-state index < -0.39 is 11.6 Å². The maximum absolute atomic E-state index is 13.6. The quantitative estimate of drug-likeness (QED) is 0.677. The molecular weight excluding hydrogens is 322 g/mol. The first-order valence-corrected chi connectivity index (χ1v) is 7.66. The standard InChI is InChI=1S/C17H13ClF2N2O/c18-8-3-9-22-17(23)13-5-2-1-4-12(13)16(21-22)11-6-7-14(19)15(20)10-11/h1-2,4-7,10H,3,8-9H2. The van der Waals surface area contributed by atoms with Crippen LogP contribution in [0, 0.1) is 11.6 Å². The number of fused-ring (bicyclic) bond motifs is 1. The summed E-state index contributed by atoms with van der Waals surface area (Å²) in [6.45, 7) is 0.365. The Labute approximate surface area is 136 Å². The molecular formula is C17H13ClF2N2O. The van der Waals surface area contributed by atoms with Gasteiger partial charge in [-0.2, -0.15) is 5.10 Å². The second-order valence-corrected chi connectivity index (χ2v) is 5.47. The Bertz CT molecular complexity index is 924. The molecule has 0 amide bonds. The minimum atomic E-state index is -0.952. The largest absolute Gasteiger partial charge is 0.274 e. The van der Waals surface area contributed by atoms with Crippen LogP contribution in [0.3, 0.4) is 0 Å². The van der Waals surface area contributed by atoms with E-state index in [-0.39, 0.29) is 5.56 Å². The number of nitrogens with zero attached hydrogens (tertiary/aromatic N) is 2. The zero-order chi connectivity index (χ0) is 16.4. The lowest BCUT2D eigenvalue weighted by Gasteiger charge is -2.11. The number of aryl methyl sites for hydroxylation is 1. The summed E-state index contributed by atoms with van der Waals surface area (Å²) in [5.74, 6) is -1.47. The summed E-state index contributed by atoms with van der Waals surface area (Å²) in [5.41, 5.74) is 0.630. The number of rotatable bonds is 4. The third-order valence-electron chi connectivity index (χ3n) is 3.56. The Morgan fingerprint density at radius 3 is 2.48 bits per heavy atom. The molecule has 0 fully saturated rings. The SMILES string of the molecule is O=c1c2ccccc2c(-c2ccc(F)c(F)c2)nn1CCCCl. The molecule has 0 aliphatic carbocycles. The van der Waals surface area contributed by atoms with Crippen molar-refractivity contribution in [2.75, 3.05) is 5.88 Å². The number of halogens is 3. The monoisotopic (exact) mass is 334 g/mol. The highest BCUT2D eigenvalue weighted by molar-refractivity contribution is 6.17. The van der Waals surface area contributed by atoms with Gasteiger partial charge in [0, 0.05) is 23.4 Å². The van der Waals surface area contributed by atoms with E-state index in [0.29, 0.717) is 40.9 Å². The fourth-order valence-corrected chi connectivity index (χ4v) is 2.57. The first-order chi connectivity index (χ1) is 11.1. The molecule has 0 saturated heterocycles. The molecule has 0 spiro atoms. The lowest BCUT2D eigenvalue weighted by atomic mass is 10.0. The molecule has 0 bridgehead atoms. The van der Waals surface area contributed by atoms with Gasteiger partial charge in [0.05, 0.1) is 11.1 Å². The van der Waals surface area contributed by atoms with Crippen molar-refractivity contribution in [2.24, 2.45) is 0 Å². The van der Waals surface area contributed by atoms with E-state index in [0.717, 1.165) is 12.1 Å². The molecule has 1 aromatic heterocycles. The normalized spacial score (nSPS) is 11.1. The van der Waals surface area contributed by atoms with Gasteiger partial charge < -0.3 is 0 Å². The second-order valence-electron chi connectivity index (χ2n) is 5.09. The smallest absolute Gasteiger partial charge is 0.267 e. The van der Waals surface area contributed by atoms with Crippen molar-refractivity contribution >= 4 is 22.4 Å². The zero-order valence-electron chi connectivity index (χ0n) is 12.1. The molecule has 0 radical (unpaired) electrons. The predicted molar refractivity (Wildman–Crippen MR) is 86.7 cm³/mol. The van der Waals surface area contributed by atoms with E-state index in [1.807, 2.05) is 0 Å². The minimum Gasteiger partial charge on any atom is -0.267 e. The van der Waals surface area contributed by atoms with Gasteiger partial charge >= 0.3 is 0 Å². The van der Waals surface area contributed by atoms with Gasteiger partial charge in [-0.1, -0.05) is 18.2 Å². The van der Waals surface area contributed by atoms with Crippen LogP contribution < -0.4 is 5.56 Å². The van der Waals surface area contributed by atoms with Crippen molar-refractivity contribution in [2.45, 2.75) is 13.0 Å². The topological polar surface area (TPSA) is 34.9 Å². The van der Waals surface area contributed by atoms with Crippen LogP contribution in [0.25, 0.3) is 22.0 Å². The van der Waals surface area contributed by atoms with Gasteiger partial charge in [0.2, 0.25) is 0 Å². The number of benzene rings is 2. The summed E-state index contributed by atoms with van der Waals surface area (Å²) >= 11 is 5.68. The second kappa shape index (κ2) is 6.46. The number of hydrogen-bond donors (Lipinski definition) is 0. The van der Waals surface area contributed by atoms with Crippen LogP contribution in [0.2, 0.25) is 0 Å². The minimum absolute atomic E-state index is 0.225. The van der Waals surface area contributed by atoms with Gasteiger partial charge in [0.15, 0.2) is 11.6 Å². The summed E-state index contributed by atoms with van der Waals surface area (Å²) < 4.78 is 28.1. The van der Waals surface area contributed by atoms with Gasteiger partial charge in [-0.15, -0.1) is 11.6 Å². The van der Waals surface area contributed by atoms with Gasteiger partial charge in [-0.25, -0.2) is 13.5 Å². The number of hydrogen-bond acceptors (Lipinski definition) is 2. The predicted octanol–water partition coefficient (Wildman–Crippen LogP) is 3.97. The molecule has 2 aromatic carbocycles. The Hall–Kier alpha value is -2.27. The van der Waals surface area contributed by atoms with Crippen LogP contribution >= 0.6 is 11.6 Å². The van der Waals surface area contributed by atoms with Crippen LogP contribution in [-0.2, 0) is 6.54 Å². The highest BCUT2D eigenvalue weighted by atomic mass is 35.5. The van der Waals surface area contributed by atoms with Gasteiger partial charge in [-0.3, -0.25) is 4.79 Å². The van der Waals surface area contributed by atoms with Crippen molar-refractivity contribution < 1.29 is 8.78 Å². The van der Waals surface area contributed by atoms with Crippen LogP contribution in [0.1, 0.15) is 6.42 Å². The van der Waals surface area contributed by atoms with Crippen molar-refractivity contribution in [3.8, 4) is 11.3 Å². The highest BCUT2D eigenvalue weighted by Gasteiger charge is 2.13. The lowest BCUT2D eigenvalue weighted by Crippen LogP contribution is -2.24. The van der Waals surface area contributed by atoms with E-state index in [1.165, 1.54) is 10.7 Å². The molecule has 1 heterocycles. The molecule has 3 rings (SSSR count). The van der Waals surface area contributed by atoms with Gasteiger partial charge in [0.25, 0.3) is 5.56 Å². The Balaban J connectivity index is 2.28. The van der Waals surface area contributed by atoms with E-state index in [9.17, 15) is 13.6 Å². The summed E-state index contributed by atoms with van der Waals surface area (Å²) in [6, 6.07) is 10.5. The number of alkyl halides is 1. The van der Waals surface area contributed by atoms with Crippen LogP contribution in [0.5, 0.6) is 0 Å². The van der Waals surface area contributed by atoms with Gasteiger partial charge in [-0.05, 0) is 30.7 Å². The average Bonchev–Trinajstić information content (AvgIpc) is 2.57. The van der Waals surface area contributed by atoms with Crippen molar-refractivity contribution in [3.63, 3.8) is 0 Å². The maximum Gasteiger partial charge on any atom is 0.274 e. The van der Waals surface area contributed by atoms with Crippen molar-refractivity contribution in [3.05, 3.63) is 64.5 Å². The maximum atomic E-state index is 13.6. The summed E-state index contributed by atoms with van der Waals surface area (Å²) in [6.07, 6.45) is 0.587. The molecule has 6 heteroatoms. The average molecular weight is 335 g/mol. The molecule has 0 saturated carbocycles. The van der Waals surface area contributed by atoms with Crippen molar-refractivity contribution in [1.82, 2.24) is 9.78 Å². The molecule has 0 unspecified atom stereocenters. The third kappa shape index (κ3) is 2.97. The first kappa shape index (κ1) is 15.6. The first-order valence-electron chi connectivity index (χ1n) is 7.13. The Morgan fingerprint density at radius 1 is 1.04 bits per heavy atom. The molecule has 23 heavy (non-hydrogen) atoms. The zero-order valence-corrected chi connectivity index (χ0v) is 12.9. The fourth-order valence-electron chi connectivity index (χ4n) is 2.45. The van der Waals surface area contributed by atoms with E-state index >= 15 is 0 Å². The lowest BCUT2D eigenvalue weighted by molar-refractivity contribution is 0.509. The Kier molecular flexibility index (Phi) is 4.39. The van der Waals surface area contributed by atoms with E-state index in [1.54, 1.807) is 24.3 Å². The molecule has 0 N–H and O–H groups in total. The molecule has 0 atom stereocenters. The molecule has 0 aliphatic heterocycles. The summed E-state index contributed by atoms with van der Waals surface area (Å²) in [5, 5.41) is 5.42. The summed E-state index contributed by atoms with van der Waals surface area (Å²) in [7, 11) is 0. The Morgan fingerprint density at radius 2 is 1.78 bits per heavy atom. The fraction of sp³-hybridized carbons (Fsp3) is 0.176. The van der Waals surface area contributed by atoms with E-state index in [4.69, 9.17) is 11.6 Å². The van der Waals surface area contributed by atoms with Crippen LogP contribution in [-0.4, -0.2) is 15.7 Å².